The molecule has 1 saturated heterocycles. The molecule has 1 amide bonds. The molecule has 1 atom stereocenters. The van der Waals surface area contributed by atoms with Crippen LogP contribution in [-0.4, -0.2) is 34.5 Å². The number of likely N-dealkylation sites (tertiary alicyclic amines) is 1. The highest BCUT2D eigenvalue weighted by Crippen LogP contribution is 2.24. The minimum Gasteiger partial charge on any atom is -0.480 e. The Labute approximate surface area is 117 Å². The SMILES string of the molecule is Cc1ccc(C(=O)N2CCCC[C@@H]2C(=O)O)c(Cl)c1. The number of hydrogen-bond acceptors (Lipinski definition) is 2. The summed E-state index contributed by atoms with van der Waals surface area (Å²) in [5.41, 5.74) is 1.34. The quantitative estimate of drug-likeness (QED) is 0.907. The van der Waals surface area contributed by atoms with Gasteiger partial charge in [-0.25, -0.2) is 4.79 Å². The van der Waals surface area contributed by atoms with Crippen LogP contribution in [0.5, 0.6) is 0 Å². The Morgan fingerprint density at radius 3 is 2.74 bits per heavy atom. The Hall–Kier alpha value is -1.55. The number of benzene rings is 1. The van der Waals surface area contributed by atoms with Gasteiger partial charge in [0.2, 0.25) is 0 Å². The Kier molecular flexibility index (Phi) is 4.10. The van der Waals surface area contributed by atoms with Gasteiger partial charge in [0.15, 0.2) is 0 Å². The number of carboxylic acid groups (broad SMARTS) is 1. The summed E-state index contributed by atoms with van der Waals surface area (Å²) in [5, 5.41) is 9.57. The first-order valence-electron chi connectivity index (χ1n) is 6.30. The van der Waals surface area contributed by atoms with Gasteiger partial charge in [-0.15, -0.1) is 0 Å². The maximum absolute atomic E-state index is 12.4. The van der Waals surface area contributed by atoms with Gasteiger partial charge in [-0.05, 0) is 43.9 Å². The summed E-state index contributed by atoms with van der Waals surface area (Å²) in [7, 11) is 0. The van der Waals surface area contributed by atoms with Crippen LogP contribution in [0.1, 0.15) is 35.2 Å². The highest BCUT2D eigenvalue weighted by molar-refractivity contribution is 6.33. The second-order valence-corrected chi connectivity index (χ2v) is 5.24. The summed E-state index contributed by atoms with van der Waals surface area (Å²) in [6, 6.07) is 4.44. The van der Waals surface area contributed by atoms with Crippen LogP contribution in [0.4, 0.5) is 0 Å². The molecule has 0 aliphatic carbocycles. The van der Waals surface area contributed by atoms with Gasteiger partial charge in [-0.3, -0.25) is 4.79 Å². The van der Waals surface area contributed by atoms with Crippen molar-refractivity contribution in [3.05, 3.63) is 34.3 Å². The lowest BCUT2D eigenvalue weighted by atomic mass is 10.0. The maximum atomic E-state index is 12.4. The van der Waals surface area contributed by atoms with Crippen molar-refractivity contribution in [2.24, 2.45) is 0 Å². The molecule has 102 valence electrons. The molecule has 1 fully saturated rings. The number of nitrogens with zero attached hydrogens (tertiary/aromatic N) is 1. The van der Waals surface area contributed by atoms with E-state index in [1.54, 1.807) is 18.2 Å². The monoisotopic (exact) mass is 281 g/mol. The number of aliphatic carboxylic acids is 1. The Morgan fingerprint density at radius 2 is 2.11 bits per heavy atom. The van der Waals surface area contributed by atoms with E-state index in [4.69, 9.17) is 11.6 Å². The van der Waals surface area contributed by atoms with Crippen molar-refractivity contribution in [3.63, 3.8) is 0 Å². The summed E-state index contributed by atoms with van der Waals surface area (Å²) in [6.07, 6.45) is 2.17. The zero-order valence-electron chi connectivity index (χ0n) is 10.7. The second-order valence-electron chi connectivity index (χ2n) is 4.83. The molecule has 0 bridgehead atoms. The smallest absolute Gasteiger partial charge is 0.326 e. The molecule has 1 aliphatic rings. The van der Waals surface area contributed by atoms with E-state index >= 15 is 0 Å². The molecule has 19 heavy (non-hydrogen) atoms. The third-order valence-corrected chi connectivity index (χ3v) is 3.72. The summed E-state index contributed by atoms with van der Waals surface area (Å²) < 4.78 is 0. The molecule has 1 aromatic rings. The molecule has 1 aliphatic heterocycles. The Balaban J connectivity index is 2.28. The number of carbonyl (C=O) groups is 2. The number of aryl methyl sites for hydroxylation is 1. The summed E-state index contributed by atoms with van der Waals surface area (Å²) in [4.78, 5) is 25.1. The van der Waals surface area contributed by atoms with Crippen LogP contribution in [0.25, 0.3) is 0 Å². The molecule has 1 aromatic carbocycles. The van der Waals surface area contributed by atoms with Crippen LogP contribution in [0.15, 0.2) is 18.2 Å². The minimum absolute atomic E-state index is 0.294. The van der Waals surface area contributed by atoms with Gasteiger partial charge in [-0.1, -0.05) is 17.7 Å². The van der Waals surface area contributed by atoms with Crippen molar-refractivity contribution in [3.8, 4) is 0 Å². The first-order chi connectivity index (χ1) is 9.00. The van der Waals surface area contributed by atoms with Gasteiger partial charge in [0.1, 0.15) is 6.04 Å². The zero-order valence-corrected chi connectivity index (χ0v) is 11.5. The van der Waals surface area contributed by atoms with Crippen molar-refractivity contribution in [2.75, 3.05) is 6.54 Å². The molecule has 0 spiro atoms. The number of amides is 1. The third kappa shape index (κ3) is 2.89. The van der Waals surface area contributed by atoms with Crippen LogP contribution in [0.2, 0.25) is 5.02 Å². The lowest BCUT2D eigenvalue weighted by Crippen LogP contribution is -2.48. The lowest BCUT2D eigenvalue weighted by molar-refractivity contribution is -0.143. The standard InChI is InChI=1S/C14H16ClNO3/c1-9-5-6-10(11(15)8-9)13(17)16-7-3-2-4-12(16)14(18)19/h5-6,8,12H,2-4,7H2,1H3,(H,18,19)/t12-/m1/s1. The lowest BCUT2D eigenvalue weighted by Gasteiger charge is -2.33. The number of hydrogen-bond donors (Lipinski definition) is 1. The first kappa shape index (κ1) is 13.9. The third-order valence-electron chi connectivity index (χ3n) is 3.40. The van der Waals surface area contributed by atoms with E-state index in [1.165, 1.54) is 4.90 Å². The molecule has 0 aromatic heterocycles. The summed E-state index contributed by atoms with van der Waals surface area (Å²) in [5.74, 6) is -1.24. The van der Waals surface area contributed by atoms with Crippen molar-refractivity contribution < 1.29 is 14.7 Å². The van der Waals surface area contributed by atoms with Crippen molar-refractivity contribution in [1.82, 2.24) is 4.90 Å². The Morgan fingerprint density at radius 1 is 1.37 bits per heavy atom. The fourth-order valence-corrected chi connectivity index (χ4v) is 2.70. The van der Waals surface area contributed by atoms with E-state index in [0.717, 1.165) is 18.4 Å². The van der Waals surface area contributed by atoms with Gasteiger partial charge in [-0.2, -0.15) is 0 Å². The molecule has 0 unspecified atom stereocenters. The van der Waals surface area contributed by atoms with Gasteiger partial charge >= 0.3 is 5.97 Å². The van der Waals surface area contributed by atoms with Crippen LogP contribution in [-0.2, 0) is 4.79 Å². The average molecular weight is 282 g/mol. The maximum Gasteiger partial charge on any atom is 0.326 e. The van der Waals surface area contributed by atoms with E-state index in [9.17, 15) is 14.7 Å². The second kappa shape index (κ2) is 5.61. The number of rotatable bonds is 2. The topological polar surface area (TPSA) is 57.6 Å². The molecule has 2 rings (SSSR count). The van der Waals surface area contributed by atoms with Crippen molar-refractivity contribution in [1.29, 1.82) is 0 Å². The van der Waals surface area contributed by atoms with E-state index in [0.29, 0.717) is 23.6 Å². The predicted molar refractivity (Wildman–Crippen MR) is 72.5 cm³/mol. The number of piperidine rings is 1. The fourth-order valence-electron chi connectivity index (χ4n) is 2.38. The summed E-state index contributed by atoms with van der Waals surface area (Å²) >= 11 is 6.08. The zero-order chi connectivity index (χ0) is 14.0. The molecule has 1 N–H and O–H groups in total. The van der Waals surface area contributed by atoms with E-state index in [1.807, 2.05) is 6.92 Å². The number of halogens is 1. The highest BCUT2D eigenvalue weighted by atomic mass is 35.5. The molecule has 5 heteroatoms. The minimum atomic E-state index is -0.948. The van der Waals surface area contributed by atoms with Gasteiger partial charge < -0.3 is 10.0 Å². The molecular weight excluding hydrogens is 266 g/mol. The van der Waals surface area contributed by atoms with Crippen molar-refractivity contribution in [2.45, 2.75) is 32.2 Å². The van der Waals surface area contributed by atoms with Crippen molar-refractivity contribution >= 4 is 23.5 Å². The van der Waals surface area contributed by atoms with E-state index in [-0.39, 0.29) is 5.91 Å². The molecule has 1 heterocycles. The number of carbonyl (C=O) groups excluding carboxylic acids is 1. The average Bonchev–Trinajstić information content (AvgIpc) is 2.38. The Bertz CT molecular complexity index is 515. The number of carboxylic acids is 1. The predicted octanol–water partition coefficient (Wildman–Crippen LogP) is 2.73. The first-order valence-corrected chi connectivity index (χ1v) is 6.68. The highest BCUT2D eigenvalue weighted by Gasteiger charge is 2.33. The van der Waals surface area contributed by atoms with Crippen LogP contribution < -0.4 is 0 Å². The fraction of sp³-hybridized carbons (Fsp3) is 0.429. The largest absolute Gasteiger partial charge is 0.480 e. The summed E-state index contributed by atoms with van der Waals surface area (Å²) in [6.45, 7) is 2.36. The van der Waals surface area contributed by atoms with Crippen LogP contribution in [0, 0.1) is 6.92 Å². The normalized spacial score (nSPS) is 19.3. The molecule has 4 nitrogen and oxygen atoms in total. The molecule has 0 radical (unpaired) electrons. The van der Waals surface area contributed by atoms with Gasteiger partial charge in [0.05, 0.1) is 10.6 Å². The molecular formula is C14H16ClNO3. The van der Waals surface area contributed by atoms with Crippen LogP contribution in [0.3, 0.4) is 0 Å². The van der Waals surface area contributed by atoms with Gasteiger partial charge in [0.25, 0.3) is 5.91 Å². The molecule has 0 saturated carbocycles. The van der Waals surface area contributed by atoms with Gasteiger partial charge in [0, 0.05) is 6.54 Å². The van der Waals surface area contributed by atoms with Crippen LogP contribution >= 0.6 is 11.6 Å². The van der Waals surface area contributed by atoms with E-state index < -0.39 is 12.0 Å². The van der Waals surface area contributed by atoms with E-state index in [2.05, 4.69) is 0 Å².